The summed E-state index contributed by atoms with van der Waals surface area (Å²) in [5.74, 6) is 0. The first-order valence-electron chi connectivity index (χ1n) is 3.88. The summed E-state index contributed by atoms with van der Waals surface area (Å²) in [6, 6.07) is 5.15. The molecular formula is C9H6Cl2N3. The molecule has 5 heteroatoms. The Balaban J connectivity index is 2.48. The minimum atomic E-state index is 0.509. The highest BCUT2D eigenvalue weighted by atomic mass is 35.5. The molecule has 71 valence electrons. The van der Waals surface area contributed by atoms with Crippen molar-refractivity contribution >= 4 is 28.9 Å². The van der Waals surface area contributed by atoms with Gasteiger partial charge < -0.3 is 5.73 Å². The fourth-order valence-corrected chi connectivity index (χ4v) is 1.66. The van der Waals surface area contributed by atoms with Crippen LogP contribution in [0.2, 0.25) is 10.0 Å². The lowest BCUT2D eigenvalue weighted by Gasteiger charge is -2.03. The van der Waals surface area contributed by atoms with Crippen molar-refractivity contribution in [2.75, 3.05) is 0 Å². The maximum absolute atomic E-state index is 5.99. The molecule has 14 heavy (non-hydrogen) atoms. The molecule has 0 fully saturated rings. The summed E-state index contributed by atoms with van der Waals surface area (Å²) in [5.41, 5.74) is 11.2. The van der Waals surface area contributed by atoms with Gasteiger partial charge in [0.05, 0.1) is 16.9 Å². The van der Waals surface area contributed by atoms with Crippen LogP contribution in [0.4, 0.5) is 0 Å². The second-order valence-corrected chi connectivity index (χ2v) is 3.62. The van der Waals surface area contributed by atoms with E-state index in [1.165, 1.54) is 6.20 Å². The molecule has 0 saturated heterocycles. The second-order valence-electron chi connectivity index (χ2n) is 2.77. The van der Waals surface area contributed by atoms with Crippen LogP contribution in [0.3, 0.4) is 0 Å². The average Bonchev–Trinajstić information content (AvgIpc) is 2.52. The molecule has 1 radical (unpaired) electrons. The Morgan fingerprint density at radius 1 is 1.21 bits per heavy atom. The minimum absolute atomic E-state index is 0.509. The van der Waals surface area contributed by atoms with Crippen LogP contribution in [0.5, 0.6) is 0 Å². The molecule has 2 N–H and O–H groups in total. The minimum Gasteiger partial charge on any atom is -0.396 e. The normalized spacial score (nSPS) is 14.7. The monoisotopic (exact) mass is 226 g/mol. The van der Waals surface area contributed by atoms with Crippen LogP contribution in [0.15, 0.2) is 35.2 Å². The van der Waals surface area contributed by atoms with Crippen molar-refractivity contribution in [1.29, 1.82) is 0 Å². The summed E-state index contributed by atoms with van der Waals surface area (Å²) in [5, 5.41) is 4.97. The fourth-order valence-electron chi connectivity index (χ4n) is 1.16. The standard InChI is InChI=1S/C9H6Cl2N3/c10-5-1-2-6(7(11)3-5)9-8(12)4-13-14-9/h1-4H,12H2. The summed E-state index contributed by atoms with van der Waals surface area (Å²) in [6.45, 7) is 0. The van der Waals surface area contributed by atoms with Gasteiger partial charge in [-0.05, 0) is 18.2 Å². The van der Waals surface area contributed by atoms with E-state index in [0.29, 0.717) is 21.5 Å². The summed E-state index contributed by atoms with van der Waals surface area (Å²) in [7, 11) is 0. The molecule has 0 aromatic heterocycles. The SMILES string of the molecule is NC1=C[N]N=C1c1ccc(Cl)cc1Cl. The second kappa shape index (κ2) is 3.52. The van der Waals surface area contributed by atoms with Crippen molar-refractivity contribution in [1.82, 2.24) is 5.43 Å². The molecule has 0 saturated carbocycles. The van der Waals surface area contributed by atoms with Gasteiger partial charge in [0.2, 0.25) is 0 Å². The number of hydrogen-bond donors (Lipinski definition) is 1. The maximum Gasteiger partial charge on any atom is 0.119 e. The molecule has 0 unspecified atom stereocenters. The van der Waals surface area contributed by atoms with Crippen LogP contribution in [0, 0.1) is 0 Å². The van der Waals surface area contributed by atoms with E-state index < -0.39 is 0 Å². The van der Waals surface area contributed by atoms with Crippen LogP contribution in [0.1, 0.15) is 5.56 Å². The highest BCUT2D eigenvalue weighted by Crippen LogP contribution is 2.23. The van der Waals surface area contributed by atoms with E-state index in [1.807, 2.05) is 0 Å². The van der Waals surface area contributed by atoms with Gasteiger partial charge >= 0.3 is 0 Å². The Bertz CT molecular complexity index is 438. The topological polar surface area (TPSA) is 52.5 Å². The first-order valence-corrected chi connectivity index (χ1v) is 4.63. The number of nitrogens with two attached hydrogens (primary N) is 1. The van der Waals surface area contributed by atoms with E-state index in [4.69, 9.17) is 28.9 Å². The van der Waals surface area contributed by atoms with Gasteiger partial charge in [-0.15, -0.1) is 5.10 Å². The quantitative estimate of drug-likeness (QED) is 0.784. The van der Waals surface area contributed by atoms with Gasteiger partial charge in [0.25, 0.3) is 0 Å². The van der Waals surface area contributed by atoms with Gasteiger partial charge in [0.15, 0.2) is 0 Å². The molecule has 2 rings (SSSR count). The summed E-state index contributed by atoms with van der Waals surface area (Å²) < 4.78 is 0. The van der Waals surface area contributed by atoms with Crippen molar-refractivity contribution in [2.45, 2.75) is 0 Å². The number of halogens is 2. The average molecular weight is 227 g/mol. The Hall–Kier alpha value is -1.19. The highest BCUT2D eigenvalue weighted by molar-refractivity contribution is 6.37. The van der Waals surface area contributed by atoms with Gasteiger partial charge in [-0.1, -0.05) is 23.2 Å². The Kier molecular flexibility index (Phi) is 2.35. The highest BCUT2D eigenvalue weighted by Gasteiger charge is 2.15. The molecule has 0 spiro atoms. The maximum atomic E-state index is 5.99. The number of hydrogen-bond acceptors (Lipinski definition) is 2. The Morgan fingerprint density at radius 2 is 2.00 bits per heavy atom. The van der Waals surface area contributed by atoms with Crippen LogP contribution in [0.25, 0.3) is 0 Å². The van der Waals surface area contributed by atoms with E-state index in [0.717, 1.165) is 5.56 Å². The lowest BCUT2D eigenvalue weighted by Crippen LogP contribution is -2.10. The summed E-state index contributed by atoms with van der Waals surface area (Å²) in [6.07, 6.45) is 1.49. The van der Waals surface area contributed by atoms with E-state index in [2.05, 4.69) is 10.5 Å². The largest absolute Gasteiger partial charge is 0.396 e. The van der Waals surface area contributed by atoms with Crippen LogP contribution in [-0.2, 0) is 0 Å². The van der Waals surface area contributed by atoms with Gasteiger partial charge in [-0.2, -0.15) is 5.43 Å². The molecule has 1 aliphatic rings. The van der Waals surface area contributed by atoms with Crippen LogP contribution in [-0.4, -0.2) is 5.71 Å². The molecule has 0 atom stereocenters. The zero-order chi connectivity index (χ0) is 10.1. The molecule has 1 aromatic carbocycles. The number of nitrogens with zero attached hydrogens (tertiary/aromatic N) is 2. The van der Waals surface area contributed by atoms with Crippen LogP contribution >= 0.6 is 23.2 Å². The van der Waals surface area contributed by atoms with Gasteiger partial charge in [-0.25, -0.2) is 0 Å². The lowest BCUT2D eigenvalue weighted by atomic mass is 10.1. The molecule has 1 heterocycles. The van der Waals surface area contributed by atoms with E-state index in [9.17, 15) is 0 Å². The third kappa shape index (κ3) is 1.56. The molecular weight excluding hydrogens is 221 g/mol. The fraction of sp³-hybridized carbons (Fsp3) is 0. The first-order chi connectivity index (χ1) is 6.68. The molecule has 0 bridgehead atoms. The zero-order valence-corrected chi connectivity index (χ0v) is 8.55. The summed E-state index contributed by atoms with van der Waals surface area (Å²) in [4.78, 5) is 0. The summed E-state index contributed by atoms with van der Waals surface area (Å²) >= 11 is 11.8. The molecule has 0 amide bonds. The van der Waals surface area contributed by atoms with E-state index in [-0.39, 0.29) is 0 Å². The van der Waals surface area contributed by atoms with Crippen molar-refractivity contribution in [3.8, 4) is 0 Å². The van der Waals surface area contributed by atoms with Crippen molar-refractivity contribution in [3.05, 3.63) is 45.7 Å². The van der Waals surface area contributed by atoms with Gasteiger partial charge in [-0.3, -0.25) is 0 Å². The predicted octanol–water partition coefficient (Wildman–Crippen LogP) is 2.12. The predicted molar refractivity (Wildman–Crippen MR) is 57.4 cm³/mol. The van der Waals surface area contributed by atoms with Crippen LogP contribution < -0.4 is 11.2 Å². The molecule has 1 aromatic rings. The number of allylic oxidation sites excluding steroid dienone is 1. The van der Waals surface area contributed by atoms with Crippen molar-refractivity contribution in [3.63, 3.8) is 0 Å². The molecule has 0 aliphatic carbocycles. The molecule has 1 aliphatic heterocycles. The van der Waals surface area contributed by atoms with E-state index >= 15 is 0 Å². The van der Waals surface area contributed by atoms with Crippen molar-refractivity contribution < 1.29 is 0 Å². The van der Waals surface area contributed by atoms with Gasteiger partial charge in [0, 0.05) is 10.6 Å². The van der Waals surface area contributed by atoms with E-state index in [1.54, 1.807) is 18.2 Å². The Morgan fingerprint density at radius 3 is 2.57 bits per heavy atom. The number of benzene rings is 1. The number of rotatable bonds is 1. The molecule has 3 nitrogen and oxygen atoms in total. The third-order valence-corrected chi connectivity index (χ3v) is 2.36. The third-order valence-electron chi connectivity index (χ3n) is 1.81. The Labute approximate surface area is 91.2 Å². The smallest absolute Gasteiger partial charge is 0.119 e. The van der Waals surface area contributed by atoms with Gasteiger partial charge in [0.1, 0.15) is 5.71 Å². The van der Waals surface area contributed by atoms with Crippen molar-refractivity contribution in [2.24, 2.45) is 10.8 Å². The first kappa shape index (κ1) is 9.37. The lowest BCUT2D eigenvalue weighted by molar-refractivity contribution is 0.969. The zero-order valence-electron chi connectivity index (χ0n) is 7.04.